The van der Waals surface area contributed by atoms with Gasteiger partial charge in [0.15, 0.2) is 0 Å². The van der Waals surface area contributed by atoms with Gasteiger partial charge in [-0.2, -0.15) is 0 Å². The van der Waals surface area contributed by atoms with Gasteiger partial charge in [-0.05, 0) is 30.7 Å². The second kappa shape index (κ2) is 5.35. The highest BCUT2D eigenvalue weighted by molar-refractivity contribution is 5.87. The average Bonchev–Trinajstić information content (AvgIpc) is 3.08. The Morgan fingerprint density at radius 2 is 1.76 bits per heavy atom. The highest BCUT2D eigenvalue weighted by atomic mass is 16.4. The zero-order chi connectivity index (χ0) is 15.0. The molecule has 4 heteroatoms. The first-order chi connectivity index (χ1) is 10.1. The number of nitrogens with one attached hydrogen (secondary N) is 1. The molecule has 0 aliphatic heterocycles. The first kappa shape index (κ1) is 13.9. The Labute approximate surface area is 123 Å². The van der Waals surface area contributed by atoms with Crippen molar-refractivity contribution in [1.29, 1.82) is 0 Å². The number of fused-ring (bicyclic) bond motifs is 2. The molecule has 1 fully saturated rings. The molecule has 1 aromatic rings. The number of carboxylic acids is 1. The number of aliphatic carboxylic acids is 1. The summed E-state index contributed by atoms with van der Waals surface area (Å²) in [6.07, 6.45) is 4.74. The number of hydrogen-bond donors (Lipinski definition) is 2. The van der Waals surface area contributed by atoms with Crippen molar-refractivity contribution in [3.63, 3.8) is 0 Å². The van der Waals surface area contributed by atoms with Crippen molar-refractivity contribution < 1.29 is 14.7 Å². The number of allylic oxidation sites excluding steroid dienone is 2. The Balaban J connectivity index is 1.73. The maximum absolute atomic E-state index is 12.5. The highest BCUT2D eigenvalue weighted by Crippen LogP contribution is 2.48. The van der Waals surface area contributed by atoms with E-state index in [1.165, 1.54) is 0 Å². The number of carbonyl (C=O) groups excluding carboxylic acids is 1. The molecule has 2 aliphatic rings. The lowest BCUT2D eigenvalue weighted by Crippen LogP contribution is -2.41. The summed E-state index contributed by atoms with van der Waals surface area (Å²) in [6.45, 7) is 1.92. The third kappa shape index (κ3) is 2.46. The van der Waals surface area contributed by atoms with Crippen molar-refractivity contribution >= 4 is 11.9 Å². The number of carbonyl (C=O) groups is 2. The normalized spacial score (nSPS) is 31.1. The summed E-state index contributed by atoms with van der Waals surface area (Å²) in [5, 5.41) is 12.4. The van der Waals surface area contributed by atoms with Crippen molar-refractivity contribution in [1.82, 2.24) is 5.32 Å². The number of amides is 1. The molecule has 1 aromatic carbocycles. The molecule has 0 heterocycles. The summed E-state index contributed by atoms with van der Waals surface area (Å²) in [5.41, 5.74) is 1.02. The molecule has 2 bridgehead atoms. The average molecular weight is 285 g/mol. The molecule has 3 rings (SSSR count). The van der Waals surface area contributed by atoms with E-state index >= 15 is 0 Å². The topological polar surface area (TPSA) is 66.4 Å². The van der Waals surface area contributed by atoms with Gasteiger partial charge in [-0.3, -0.25) is 9.59 Å². The van der Waals surface area contributed by atoms with Gasteiger partial charge < -0.3 is 10.4 Å². The standard InChI is InChI=1S/C17H19NO3/c1-10(11-5-3-2-4-6-11)18-16(19)14-12-7-8-13(9-12)15(14)17(20)21/h2-8,10,12-15H,9H2,1H3,(H,18,19)(H,20,21)/t10-,12-,13+,14+,15+/m1/s1. The second-order valence-corrected chi connectivity index (χ2v) is 5.98. The second-order valence-electron chi connectivity index (χ2n) is 5.98. The van der Waals surface area contributed by atoms with Crippen LogP contribution in [-0.2, 0) is 9.59 Å². The maximum atomic E-state index is 12.5. The van der Waals surface area contributed by atoms with Crippen LogP contribution >= 0.6 is 0 Å². The molecule has 2 aliphatic carbocycles. The quantitative estimate of drug-likeness (QED) is 0.835. The Kier molecular flexibility index (Phi) is 3.53. The summed E-state index contributed by atoms with van der Waals surface area (Å²) in [6, 6.07) is 9.59. The minimum atomic E-state index is -0.862. The Bertz CT molecular complexity index is 581. The predicted molar refractivity (Wildman–Crippen MR) is 78.4 cm³/mol. The number of rotatable bonds is 4. The third-order valence-corrected chi connectivity index (χ3v) is 4.71. The van der Waals surface area contributed by atoms with Crippen LogP contribution in [0.25, 0.3) is 0 Å². The van der Waals surface area contributed by atoms with E-state index in [-0.39, 0.29) is 23.8 Å². The molecule has 0 radical (unpaired) electrons. The van der Waals surface area contributed by atoms with Gasteiger partial charge in [0.25, 0.3) is 0 Å². The zero-order valence-electron chi connectivity index (χ0n) is 11.9. The molecule has 21 heavy (non-hydrogen) atoms. The van der Waals surface area contributed by atoms with Gasteiger partial charge in [-0.25, -0.2) is 0 Å². The van der Waals surface area contributed by atoms with E-state index < -0.39 is 17.8 Å². The first-order valence-electron chi connectivity index (χ1n) is 7.34. The van der Waals surface area contributed by atoms with Gasteiger partial charge in [0.05, 0.1) is 17.9 Å². The van der Waals surface area contributed by atoms with E-state index in [1.54, 1.807) is 0 Å². The molecular formula is C17H19NO3. The monoisotopic (exact) mass is 285 g/mol. The summed E-state index contributed by atoms with van der Waals surface area (Å²) in [5.74, 6) is -1.95. The van der Waals surface area contributed by atoms with Crippen molar-refractivity contribution in [3.8, 4) is 0 Å². The summed E-state index contributed by atoms with van der Waals surface area (Å²) in [7, 11) is 0. The first-order valence-corrected chi connectivity index (χ1v) is 7.34. The van der Waals surface area contributed by atoms with Gasteiger partial charge in [0, 0.05) is 0 Å². The lowest BCUT2D eigenvalue weighted by molar-refractivity contribution is -0.148. The minimum absolute atomic E-state index is 0.00952. The van der Waals surface area contributed by atoms with Crippen LogP contribution in [0.2, 0.25) is 0 Å². The zero-order valence-corrected chi connectivity index (χ0v) is 11.9. The van der Waals surface area contributed by atoms with Crippen LogP contribution in [0.1, 0.15) is 24.9 Å². The summed E-state index contributed by atoms with van der Waals surface area (Å²) >= 11 is 0. The van der Waals surface area contributed by atoms with Crippen LogP contribution in [0.3, 0.4) is 0 Å². The van der Waals surface area contributed by atoms with Gasteiger partial charge >= 0.3 is 5.97 Å². The number of carboxylic acid groups (broad SMARTS) is 1. The fourth-order valence-electron chi connectivity index (χ4n) is 3.65. The van der Waals surface area contributed by atoms with E-state index in [2.05, 4.69) is 5.32 Å². The Morgan fingerprint density at radius 1 is 1.14 bits per heavy atom. The summed E-state index contributed by atoms with van der Waals surface area (Å²) < 4.78 is 0. The van der Waals surface area contributed by atoms with Crippen molar-refractivity contribution in [2.24, 2.45) is 23.7 Å². The maximum Gasteiger partial charge on any atom is 0.307 e. The fourth-order valence-corrected chi connectivity index (χ4v) is 3.65. The largest absolute Gasteiger partial charge is 0.481 e. The van der Waals surface area contributed by atoms with E-state index in [9.17, 15) is 14.7 Å². The van der Waals surface area contributed by atoms with Gasteiger partial charge in [-0.1, -0.05) is 42.5 Å². The fraction of sp³-hybridized carbons (Fsp3) is 0.412. The Morgan fingerprint density at radius 3 is 2.38 bits per heavy atom. The molecule has 5 atom stereocenters. The van der Waals surface area contributed by atoms with Crippen LogP contribution in [0, 0.1) is 23.7 Å². The van der Waals surface area contributed by atoms with Crippen molar-refractivity contribution in [3.05, 3.63) is 48.0 Å². The highest BCUT2D eigenvalue weighted by Gasteiger charge is 2.51. The van der Waals surface area contributed by atoms with Gasteiger partial charge in [0.2, 0.25) is 5.91 Å². The molecule has 0 unspecified atom stereocenters. The van der Waals surface area contributed by atoms with E-state index in [4.69, 9.17) is 0 Å². The van der Waals surface area contributed by atoms with Crippen LogP contribution in [0.4, 0.5) is 0 Å². The van der Waals surface area contributed by atoms with Crippen LogP contribution in [-0.4, -0.2) is 17.0 Å². The number of benzene rings is 1. The minimum Gasteiger partial charge on any atom is -0.481 e. The van der Waals surface area contributed by atoms with Gasteiger partial charge in [-0.15, -0.1) is 0 Å². The molecule has 1 amide bonds. The molecular weight excluding hydrogens is 266 g/mol. The third-order valence-electron chi connectivity index (χ3n) is 4.71. The summed E-state index contributed by atoms with van der Waals surface area (Å²) in [4.78, 5) is 24.0. The van der Waals surface area contributed by atoms with Crippen LogP contribution < -0.4 is 5.32 Å². The molecule has 1 saturated carbocycles. The van der Waals surface area contributed by atoms with Gasteiger partial charge in [0.1, 0.15) is 0 Å². The SMILES string of the molecule is C[C@@H](NC(=O)[C@@H]1[C@@H](C(=O)O)[C@H]2C=C[C@@H]1C2)c1ccccc1. The molecule has 110 valence electrons. The smallest absolute Gasteiger partial charge is 0.307 e. The molecule has 0 saturated heterocycles. The Hall–Kier alpha value is -2.10. The molecule has 4 nitrogen and oxygen atoms in total. The lowest BCUT2D eigenvalue weighted by atomic mass is 9.82. The number of hydrogen-bond acceptors (Lipinski definition) is 2. The molecule has 2 N–H and O–H groups in total. The van der Waals surface area contributed by atoms with E-state index in [1.807, 2.05) is 49.4 Å². The predicted octanol–water partition coefficient (Wildman–Crippen LogP) is 2.39. The molecule has 0 aromatic heterocycles. The van der Waals surface area contributed by atoms with E-state index in [0.29, 0.717) is 0 Å². The lowest BCUT2D eigenvalue weighted by Gasteiger charge is -2.25. The van der Waals surface area contributed by atoms with Crippen LogP contribution in [0.5, 0.6) is 0 Å². The van der Waals surface area contributed by atoms with E-state index in [0.717, 1.165) is 12.0 Å². The van der Waals surface area contributed by atoms with Crippen molar-refractivity contribution in [2.75, 3.05) is 0 Å². The molecule has 0 spiro atoms. The van der Waals surface area contributed by atoms with Crippen LogP contribution in [0.15, 0.2) is 42.5 Å². The van der Waals surface area contributed by atoms with Crippen molar-refractivity contribution in [2.45, 2.75) is 19.4 Å².